The van der Waals surface area contributed by atoms with Crippen LogP contribution in [-0.2, 0) is 11.3 Å². The normalized spacial score (nSPS) is 11.1. The molecule has 0 aliphatic rings. The molecule has 0 aliphatic carbocycles. The molecule has 0 spiro atoms. The summed E-state index contributed by atoms with van der Waals surface area (Å²) in [7, 11) is 3.05. The second kappa shape index (κ2) is 5.94. The van der Waals surface area contributed by atoms with Crippen LogP contribution in [0.15, 0.2) is 33.9 Å². The maximum atomic E-state index is 12.5. The van der Waals surface area contributed by atoms with Crippen LogP contribution < -0.4 is 15.7 Å². The average Bonchev–Trinajstić information content (AvgIpc) is 2.89. The van der Waals surface area contributed by atoms with Gasteiger partial charge in [-0.2, -0.15) is 0 Å². The Bertz CT molecular complexity index is 969. The number of benzene rings is 1. The first-order chi connectivity index (χ1) is 11.1. The molecule has 2 heterocycles. The Kier molecular flexibility index (Phi) is 3.97. The Hall–Kier alpha value is -2.51. The van der Waals surface area contributed by atoms with Gasteiger partial charge in [0.05, 0.1) is 25.1 Å². The molecule has 2 N–H and O–H groups in total. The minimum Gasteiger partial charge on any atom is -0.497 e. The average molecular weight is 336 g/mol. The molecule has 0 saturated heterocycles. The second-order valence-corrected chi connectivity index (χ2v) is 5.26. The van der Waals surface area contributed by atoms with Crippen molar-refractivity contribution in [2.45, 2.75) is 6.61 Å². The van der Waals surface area contributed by atoms with Crippen molar-refractivity contribution >= 4 is 22.6 Å². The molecule has 1 aromatic carbocycles. The van der Waals surface area contributed by atoms with Crippen LogP contribution in [0, 0.1) is 0 Å². The first kappa shape index (κ1) is 15.4. The highest BCUT2D eigenvalue weighted by molar-refractivity contribution is 6.31. The van der Waals surface area contributed by atoms with Gasteiger partial charge in [-0.05, 0) is 24.3 Å². The Balaban J connectivity index is 2.23. The summed E-state index contributed by atoms with van der Waals surface area (Å²) in [6.07, 6.45) is 0. The molecule has 0 unspecified atom stereocenters. The third-order valence-corrected chi connectivity index (χ3v) is 3.88. The number of rotatable bonds is 4. The van der Waals surface area contributed by atoms with Gasteiger partial charge < -0.3 is 14.5 Å². The molecule has 3 aromatic rings. The van der Waals surface area contributed by atoms with Gasteiger partial charge in [0.15, 0.2) is 0 Å². The van der Waals surface area contributed by atoms with Gasteiger partial charge >= 0.3 is 0 Å². The van der Waals surface area contributed by atoms with Crippen LogP contribution in [0.4, 0.5) is 0 Å². The summed E-state index contributed by atoms with van der Waals surface area (Å²) in [5.41, 5.74) is 0.282. The predicted octanol–water partition coefficient (Wildman–Crippen LogP) is 1.82. The number of hydrogen-bond donors (Lipinski definition) is 2. The van der Waals surface area contributed by atoms with Gasteiger partial charge in [-0.15, -0.1) is 0 Å². The first-order valence-electron chi connectivity index (χ1n) is 6.75. The summed E-state index contributed by atoms with van der Waals surface area (Å²) >= 11 is 6.02. The zero-order valence-electron chi connectivity index (χ0n) is 12.5. The van der Waals surface area contributed by atoms with E-state index in [1.54, 1.807) is 31.4 Å². The smallest absolute Gasteiger partial charge is 0.284 e. The lowest BCUT2D eigenvalue weighted by molar-refractivity contribution is 0.182. The van der Waals surface area contributed by atoms with Crippen LogP contribution in [0.2, 0.25) is 5.02 Å². The zero-order valence-corrected chi connectivity index (χ0v) is 13.2. The fraction of sp³-hybridized carbons (Fsp3) is 0.200. The number of pyridine rings is 1. The maximum Gasteiger partial charge on any atom is 0.284 e. The number of ether oxygens (including phenoxy) is 2. The van der Waals surface area contributed by atoms with E-state index in [0.29, 0.717) is 22.8 Å². The second-order valence-electron chi connectivity index (χ2n) is 4.88. The van der Waals surface area contributed by atoms with Gasteiger partial charge in [0, 0.05) is 7.11 Å². The van der Waals surface area contributed by atoms with E-state index in [-0.39, 0.29) is 17.0 Å². The van der Waals surface area contributed by atoms with Crippen molar-refractivity contribution in [3.63, 3.8) is 0 Å². The number of fused-ring (bicyclic) bond motifs is 1. The SMILES string of the molecule is COCc1[nH]c2[nH]n(-c3ccc(OC)cc3)c(=O)c2c(=O)c1Cl. The highest BCUT2D eigenvalue weighted by atomic mass is 35.5. The van der Waals surface area contributed by atoms with Crippen molar-refractivity contribution in [1.82, 2.24) is 14.8 Å². The summed E-state index contributed by atoms with van der Waals surface area (Å²) in [4.78, 5) is 27.8. The fourth-order valence-corrected chi connectivity index (χ4v) is 2.54. The maximum absolute atomic E-state index is 12.5. The summed E-state index contributed by atoms with van der Waals surface area (Å²) in [6, 6.07) is 6.85. The van der Waals surface area contributed by atoms with E-state index < -0.39 is 11.0 Å². The summed E-state index contributed by atoms with van der Waals surface area (Å²) in [5.74, 6) is 0.666. The van der Waals surface area contributed by atoms with Gasteiger partial charge in [-0.3, -0.25) is 14.7 Å². The minimum atomic E-state index is -0.527. The number of nitrogens with zero attached hydrogens (tertiary/aromatic N) is 1. The van der Waals surface area contributed by atoms with Gasteiger partial charge in [-0.1, -0.05) is 11.6 Å². The third kappa shape index (κ3) is 2.54. The Morgan fingerprint density at radius 2 is 1.87 bits per heavy atom. The zero-order chi connectivity index (χ0) is 16.6. The monoisotopic (exact) mass is 335 g/mol. The standard InChI is InChI=1S/C15H14ClN3O4/c1-22-7-10-12(16)13(20)11-14(17-10)18-19(15(11)21)8-3-5-9(23-2)6-4-8/h3-6H,7H2,1-2H3,(H2,17,18,20). The van der Waals surface area contributed by atoms with Crippen molar-refractivity contribution in [2.75, 3.05) is 14.2 Å². The molecule has 2 aromatic heterocycles. The number of nitrogens with one attached hydrogen (secondary N) is 2. The number of methoxy groups -OCH3 is 2. The molecular formula is C15H14ClN3O4. The predicted molar refractivity (Wildman–Crippen MR) is 86.8 cm³/mol. The third-order valence-electron chi connectivity index (χ3n) is 3.48. The van der Waals surface area contributed by atoms with E-state index in [1.165, 1.54) is 11.8 Å². The van der Waals surface area contributed by atoms with Crippen LogP contribution in [0.3, 0.4) is 0 Å². The quantitative estimate of drug-likeness (QED) is 0.761. The van der Waals surface area contributed by atoms with E-state index in [0.717, 1.165) is 0 Å². The van der Waals surface area contributed by atoms with Crippen LogP contribution in [0.1, 0.15) is 5.69 Å². The Labute approximate surface area is 135 Å². The number of aromatic nitrogens is 3. The van der Waals surface area contributed by atoms with E-state index in [4.69, 9.17) is 21.1 Å². The van der Waals surface area contributed by atoms with Crippen molar-refractivity contribution in [3.8, 4) is 11.4 Å². The van der Waals surface area contributed by atoms with Gasteiger partial charge in [0.2, 0.25) is 5.43 Å². The molecule has 0 atom stereocenters. The molecule has 8 heteroatoms. The van der Waals surface area contributed by atoms with Crippen molar-refractivity contribution in [2.24, 2.45) is 0 Å². The summed E-state index contributed by atoms with van der Waals surface area (Å²) in [5, 5.41) is 2.81. The molecule has 120 valence electrons. The van der Waals surface area contributed by atoms with E-state index in [2.05, 4.69) is 10.1 Å². The number of aromatic amines is 2. The highest BCUT2D eigenvalue weighted by Gasteiger charge is 2.17. The number of H-pyrrole nitrogens is 2. The van der Waals surface area contributed by atoms with Crippen LogP contribution >= 0.6 is 11.6 Å². The van der Waals surface area contributed by atoms with Crippen molar-refractivity contribution in [3.05, 3.63) is 55.6 Å². The number of hydrogen-bond acceptors (Lipinski definition) is 4. The van der Waals surface area contributed by atoms with E-state index >= 15 is 0 Å². The Morgan fingerprint density at radius 3 is 2.48 bits per heavy atom. The van der Waals surface area contributed by atoms with Crippen molar-refractivity contribution < 1.29 is 9.47 Å². The summed E-state index contributed by atoms with van der Waals surface area (Å²) < 4.78 is 11.4. The first-order valence-corrected chi connectivity index (χ1v) is 7.13. The molecule has 0 bridgehead atoms. The minimum absolute atomic E-state index is 0.0225. The van der Waals surface area contributed by atoms with Gasteiger partial charge in [0.1, 0.15) is 21.8 Å². The topological polar surface area (TPSA) is 89.1 Å². The molecule has 3 rings (SSSR count). The molecule has 0 saturated carbocycles. The molecular weight excluding hydrogens is 322 g/mol. The summed E-state index contributed by atoms with van der Waals surface area (Å²) in [6.45, 7) is 0.139. The molecule has 0 aliphatic heterocycles. The van der Waals surface area contributed by atoms with Gasteiger partial charge in [0.25, 0.3) is 5.56 Å². The van der Waals surface area contributed by atoms with E-state index in [9.17, 15) is 9.59 Å². The lowest BCUT2D eigenvalue weighted by atomic mass is 10.3. The van der Waals surface area contributed by atoms with Crippen LogP contribution in [0.25, 0.3) is 16.7 Å². The van der Waals surface area contributed by atoms with Crippen molar-refractivity contribution in [1.29, 1.82) is 0 Å². The number of halogens is 1. The van der Waals surface area contributed by atoms with Crippen LogP contribution in [-0.4, -0.2) is 29.0 Å². The molecule has 0 fully saturated rings. The largest absolute Gasteiger partial charge is 0.497 e. The fourth-order valence-electron chi connectivity index (χ4n) is 2.35. The molecule has 0 radical (unpaired) electrons. The van der Waals surface area contributed by atoms with Gasteiger partial charge in [-0.25, -0.2) is 4.68 Å². The lowest BCUT2D eigenvalue weighted by Gasteiger charge is -2.03. The van der Waals surface area contributed by atoms with Crippen LogP contribution in [0.5, 0.6) is 5.75 Å². The molecule has 0 amide bonds. The molecule has 7 nitrogen and oxygen atoms in total. The Morgan fingerprint density at radius 1 is 1.17 bits per heavy atom. The lowest BCUT2D eigenvalue weighted by Crippen LogP contribution is -2.19. The molecule has 23 heavy (non-hydrogen) atoms. The van der Waals surface area contributed by atoms with E-state index in [1.807, 2.05) is 0 Å². The highest BCUT2D eigenvalue weighted by Crippen LogP contribution is 2.16.